The van der Waals surface area contributed by atoms with E-state index in [0.29, 0.717) is 11.3 Å². The van der Waals surface area contributed by atoms with Crippen LogP contribution in [0.1, 0.15) is 30.0 Å². The van der Waals surface area contributed by atoms with Crippen LogP contribution in [0.3, 0.4) is 0 Å². The lowest BCUT2D eigenvalue weighted by Gasteiger charge is -2.31. The molecule has 0 spiro atoms. The molecule has 5 aromatic rings. The van der Waals surface area contributed by atoms with Gasteiger partial charge in [0.25, 0.3) is 0 Å². The van der Waals surface area contributed by atoms with Crippen LogP contribution in [0.25, 0.3) is 21.9 Å². The molecule has 0 saturated carbocycles. The highest BCUT2D eigenvalue weighted by molar-refractivity contribution is 5.90. The molecular formula is C34H36N4O6. The molecule has 0 fully saturated rings. The minimum Gasteiger partial charge on any atom is -0.462 e. The number of alkyl carbamates (subject to hydrolysis) is 1. The highest BCUT2D eigenvalue weighted by atomic mass is 16.6. The minimum absolute atomic E-state index is 0.0820. The number of nitrogens with one attached hydrogen (secondary N) is 3. The van der Waals surface area contributed by atoms with E-state index in [1.807, 2.05) is 84.9 Å². The van der Waals surface area contributed by atoms with Gasteiger partial charge in [-0.3, -0.25) is 14.5 Å². The van der Waals surface area contributed by atoms with Crippen molar-refractivity contribution in [3.05, 3.63) is 108 Å². The third-order valence-corrected chi connectivity index (χ3v) is 7.19. The maximum absolute atomic E-state index is 14.1. The van der Waals surface area contributed by atoms with E-state index >= 15 is 0 Å². The van der Waals surface area contributed by atoms with E-state index in [1.54, 1.807) is 32.0 Å². The lowest BCUT2D eigenvalue weighted by Crippen LogP contribution is -2.59. The van der Waals surface area contributed by atoms with Crippen molar-refractivity contribution in [1.29, 1.82) is 0 Å². The number of furan rings is 1. The summed E-state index contributed by atoms with van der Waals surface area (Å²) in [7, 11) is 3.54. The normalized spacial score (nSPS) is 13.4. The van der Waals surface area contributed by atoms with Crippen LogP contribution in [0.5, 0.6) is 0 Å². The maximum atomic E-state index is 14.1. The first-order chi connectivity index (χ1) is 21.2. The molecule has 2 amide bonds. The Morgan fingerprint density at radius 3 is 2.34 bits per heavy atom. The molecule has 5 rings (SSSR count). The van der Waals surface area contributed by atoms with E-state index in [-0.39, 0.29) is 26.2 Å². The average molecular weight is 597 g/mol. The van der Waals surface area contributed by atoms with Gasteiger partial charge in [-0.15, -0.1) is 0 Å². The number of nitrogens with zero attached hydrogens (tertiary/aromatic N) is 1. The molecule has 3 aromatic carbocycles. The van der Waals surface area contributed by atoms with Crippen LogP contribution in [0.15, 0.2) is 95.4 Å². The smallest absolute Gasteiger partial charge is 0.408 e. The van der Waals surface area contributed by atoms with Crippen molar-refractivity contribution in [2.45, 2.75) is 31.5 Å². The first-order valence-corrected chi connectivity index (χ1v) is 14.3. The van der Waals surface area contributed by atoms with E-state index in [1.165, 1.54) is 0 Å². The largest absolute Gasteiger partial charge is 0.462 e. The highest BCUT2D eigenvalue weighted by Crippen LogP contribution is 2.23. The summed E-state index contributed by atoms with van der Waals surface area (Å²) in [5, 5.41) is 7.67. The summed E-state index contributed by atoms with van der Waals surface area (Å²) in [5.74, 6) is -0.417. The minimum atomic E-state index is -1.45. The Balaban J connectivity index is 1.35. The van der Waals surface area contributed by atoms with Crippen molar-refractivity contribution < 1.29 is 28.3 Å². The summed E-state index contributed by atoms with van der Waals surface area (Å²) in [5.41, 5.74) is 1.64. The van der Waals surface area contributed by atoms with E-state index < -0.39 is 29.6 Å². The molecule has 0 aliphatic heterocycles. The number of hydrogen-bond acceptors (Lipinski definition) is 7. The second-order valence-electron chi connectivity index (χ2n) is 11.2. The molecule has 10 nitrogen and oxygen atoms in total. The fourth-order valence-corrected chi connectivity index (χ4v) is 5.00. The van der Waals surface area contributed by atoms with Crippen molar-refractivity contribution in [3.8, 4) is 0 Å². The second-order valence-corrected chi connectivity index (χ2v) is 11.2. The summed E-state index contributed by atoms with van der Waals surface area (Å²) in [6.07, 6.45) is -0.650. The number of aromatic nitrogens is 1. The third kappa shape index (κ3) is 7.64. The topological polar surface area (TPSA) is 126 Å². The van der Waals surface area contributed by atoms with Gasteiger partial charge in [-0.25, -0.2) is 4.79 Å². The van der Waals surface area contributed by atoms with E-state index in [9.17, 15) is 14.4 Å². The van der Waals surface area contributed by atoms with Crippen LogP contribution in [-0.2, 0) is 32.1 Å². The molecular weight excluding hydrogens is 560 g/mol. The maximum Gasteiger partial charge on any atom is 0.408 e. The molecule has 2 heterocycles. The Bertz CT molecular complexity index is 1680. The molecule has 0 bridgehead atoms. The predicted octanol–water partition coefficient (Wildman–Crippen LogP) is 5.10. The molecule has 228 valence electrons. The third-order valence-electron chi connectivity index (χ3n) is 7.19. The molecule has 2 aromatic heterocycles. The zero-order valence-electron chi connectivity index (χ0n) is 25.0. The Kier molecular flexibility index (Phi) is 9.30. The Labute approximate surface area is 255 Å². The monoisotopic (exact) mass is 596 g/mol. The average Bonchev–Trinajstić information content (AvgIpc) is 3.61. The molecule has 0 radical (unpaired) electrons. The number of likely N-dealkylation sites (N-methyl/N-ethyl adjacent to an activating group) is 1. The number of esters is 1. The van der Waals surface area contributed by atoms with Crippen molar-refractivity contribution in [2.75, 3.05) is 27.2 Å². The molecule has 10 heteroatoms. The van der Waals surface area contributed by atoms with Gasteiger partial charge in [0.1, 0.15) is 23.5 Å². The van der Waals surface area contributed by atoms with Gasteiger partial charge in [0.05, 0.1) is 12.6 Å². The van der Waals surface area contributed by atoms with Gasteiger partial charge in [0.2, 0.25) is 5.91 Å². The van der Waals surface area contributed by atoms with Crippen LogP contribution >= 0.6 is 0 Å². The number of ether oxygens (including phenoxy) is 2. The molecule has 0 saturated heterocycles. The first kappa shape index (κ1) is 30.4. The van der Waals surface area contributed by atoms with Crippen molar-refractivity contribution in [2.24, 2.45) is 0 Å². The zero-order valence-corrected chi connectivity index (χ0v) is 25.0. The number of carbonyl (C=O) groups excluding carboxylic acids is 3. The number of hydrogen-bond donors (Lipinski definition) is 3. The summed E-state index contributed by atoms with van der Waals surface area (Å²) >= 11 is 0. The first-order valence-electron chi connectivity index (χ1n) is 14.3. The number of aromatic amines is 1. The number of benzene rings is 3. The Morgan fingerprint density at radius 1 is 0.909 bits per heavy atom. The van der Waals surface area contributed by atoms with Gasteiger partial charge in [-0.2, -0.15) is 0 Å². The summed E-state index contributed by atoms with van der Waals surface area (Å²) < 4.78 is 16.8. The molecule has 44 heavy (non-hydrogen) atoms. The molecule has 3 N–H and O–H groups in total. The number of rotatable bonds is 12. The lowest BCUT2D eigenvalue weighted by atomic mass is 9.93. The fraction of sp³-hybridized carbons (Fsp3) is 0.265. The Morgan fingerprint density at radius 2 is 1.61 bits per heavy atom. The number of H-pyrrole nitrogens is 1. The van der Waals surface area contributed by atoms with Crippen LogP contribution in [0.4, 0.5) is 4.79 Å². The number of para-hydroxylation sites is 2. The van der Waals surface area contributed by atoms with Gasteiger partial charge < -0.3 is 29.5 Å². The summed E-state index contributed by atoms with van der Waals surface area (Å²) in [4.78, 5) is 44.6. The van der Waals surface area contributed by atoms with Crippen molar-refractivity contribution >= 4 is 39.8 Å². The number of fused-ring (bicyclic) bond motifs is 2. The predicted molar refractivity (Wildman–Crippen MR) is 167 cm³/mol. The van der Waals surface area contributed by atoms with Gasteiger partial charge in [-0.05, 0) is 56.2 Å². The van der Waals surface area contributed by atoms with E-state index in [4.69, 9.17) is 13.9 Å². The van der Waals surface area contributed by atoms with Gasteiger partial charge >= 0.3 is 12.1 Å². The van der Waals surface area contributed by atoms with Gasteiger partial charge in [-0.1, -0.05) is 66.7 Å². The van der Waals surface area contributed by atoms with Crippen molar-refractivity contribution in [1.82, 2.24) is 20.5 Å². The molecule has 0 aliphatic carbocycles. The number of carbonyl (C=O) groups is 3. The zero-order chi connectivity index (χ0) is 31.1. The SMILES string of the molecule is CN(C)CC(=O)OC[C@H](NC(=O)[C@@](C)(Cc1cc2ccccc2[nH]1)NC(=O)OCc1cc2ccccc2o1)c1ccccc1. The van der Waals surface area contributed by atoms with Crippen LogP contribution in [0, 0.1) is 0 Å². The fourth-order valence-electron chi connectivity index (χ4n) is 5.00. The van der Waals surface area contributed by atoms with E-state index in [2.05, 4.69) is 15.6 Å². The summed E-state index contributed by atoms with van der Waals surface area (Å²) in [6, 6.07) is 27.6. The van der Waals surface area contributed by atoms with Crippen LogP contribution < -0.4 is 10.6 Å². The quantitative estimate of drug-likeness (QED) is 0.171. The molecule has 0 aliphatic rings. The number of amides is 2. The molecule has 0 unspecified atom stereocenters. The van der Waals surface area contributed by atoms with Crippen molar-refractivity contribution in [3.63, 3.8) is 0 Å². The van der Waals surface area contributed by atoms with Crippen LogP contribution in [0.2, 0.25) is 0 Å². The Hall–Kier alpha value is -5.09. The lowest BCUT2D eigenvalue weighted by molar-refractivity contribution is -0.146. The van der Waals surface area contributed by atoms with Crippen LogP contribution in [-0.4, -0.2) is 60.6 Å². The standard InChI is InChI=1S/C34H36N4O6/c1-34(19-26-17-24-13-7-9-15-28(24)35-26,37-33(41)43-21-27-18-25-14-8-10-16-30(25)44-27)32(40)36-29(23-11-5-4-6-12-23)22-42-31(39)20-38(2)3/h4-18,29,35H,19-22H2,1-3H3,(H,36,40)(H,37,41)/t29-,34+/m0/s1. The van der Waals surface area contributed by atoms with Gasteiger partial charge in [0, 0.05) is 23.0 Å². The second kappa shape index (κ2) is 13.5. The molecule has 2 atom stereocenters. The van der Waals surface area contributed by atoms with E-state index in [0.717, 1.165) is 27.5 Å². The van der Waals surface area contributed by atoms with Gasteiger partial charge in [0.15, 0.2) is 6.61 Å². The highest BCUT2D eigenvalue weighted by Gasteiger charge is 2.38. The summed E-state index contributed by atoms with van der Waals surface area (Å²) in [6.45, 7) is 1.54.